The highest BCUT2D eigenvalue weighted by Crippen LogP contribution is 2.33. The lowest BCUT2D eigenvalue weighted by Gasteiger charge is -2.32. The quantitative estimate of drug-likeness (QED) is 0.301. The Labute approximate surface area is 243 Å². The molecule has 0 saturated carbocycles. The first-order valence-corrected chi connectivity index (χ1v) is 14.7. The molecule has 2 aliphatic rings. The van der Waals surface area contributed by atoms with Gasteiger partial charge in [-0.25, -0.2) is 9.88 Å². The number of morpholine rings is 1. The average Bonchev–Trinajstić information content (AvgIpc) is 3.53. The van der Waals surface area contributed by atoms with E-state index in [0.717, 1.165) is 39.4 Å². The summed E-state index contributed by atoms with van der Waals surface area (Å²) in [7, 11) is 0. The van der Waals surface area contributed by atoms with Gasteiger partial charge in [-0.05, 0) is 67.4 Å². The highest BCUT2D eigenvalue weighted by Gasteiger charge is 2.44. The molecule has 0 bridgehead atoms. The van der Waals surface area contributed by atoms with E-state index in [-0.39, 0.29) is 24.1 Å². The van der Waals surface area contributed by atoms with Crippen LogP contribution < -0.4 is 4.90 Å². The van der Waals surface area contributed by atoms with Gasteiger partial charge in [0, 0.05) is 37.3 Å². The van der Waals surface area contributed by atoms with E-state index in [1.807, 2.05) is 49.4 Å². The highest BCUT2D eigenvalue weighted by molar-refractivity contribution is 7.21. The van der Waals surface area contributed by atoms with E-state index >= 15 is 0 Å². The maximum atomic E-state index is 13.8. The van der Waals surface area contributed by atoms with Gasteiger partial charge in [-0.15, -0.1) is 11.3 Å². The first-order chi connectivity index (χ1) is 19.9. The lowest BCUT2D eigenvalue weighted by atomic mass is 10.1. The van der Waals surface area contributed by atoms with Gasteiger partial charge >= 0.3 is 0 Å². The van der Waals surface area contributed by atoms with Crippen LogP contribution >= 0.6 is 11.3 Å². The lowest BCUT2D eigenvalue weighted by Crippen LogP contribution is -2.49. The first kappa shape index (κ1) is 27.3. The summed E-state index contributed by atoms with van der Waals surface area (Å²) in [4.78, 5) is 50.7. The maximum absolute atomic E-state index is 13.8. The van der Waals surface area contributed by atoms with E-state index in [0.29, 0.717) is 37.6 Å². The number of anilines is 1. The minimum Gasteiger partial charge on any atom is -0.379 e. The zero-order valence-electron chi connectivity index (χ0n) is 23.2. The molecule has 41 heavy (non-hydrogen) atoms. The average molecular weight is 569 g/mol. The summed E-state index contributed by atoms with van der Waals surface area (Å²) < 4.78 is 6.58. The lowest BCUT2D eigenvalue weighted by molar-refractivity contribution is -0.122. The van der Waals surface area contributed by atoms with Crippen molar-refractivity contribution in [3.8, 4) is 10.6 Å². The molecule has 9 heteroatoms. The van der Waals surface area contributed by atoms with Crippen LogP contribution in [0, 0.1) is 13.8 Å². The number of aryl methyl sites for hydroxylation is 2. The van der Waals surface area contributed by atoms with Gasteiger partial charge in [0.2, 0.25) is 5.91 Å². The minimum absolute atomic E-state index is 0.0431. The summed E-state index contributed by atoms with van der Waals surface area (Å²) in [5.74, 6) is -0.912. The molecule has 8 nitrogen and oxygen atoms in total. The van der Waals surface area contributed by atoms with Crippen LogP contribution in [0.2, 0.25) is 0 Å². The molecule has 1 aromatic heterocycles. The molecule has 2 aliphatic heterocycles. The SMILES string of the molecule is Cc1ccc2nc(-c3ccc(N4C(=O)CC(N(CCN5CCOCC5)C(=O)c5ccccc5C)C4=O)cc3)sc2c1. The number of ether oxygens (including phenoxy) is 1. The third-order valence-electron chi connectivity index (χ3n) is 7.81. The van der Waals surface area contributed by atoms with Gasteiger partial charge in [0.1, 0.15) is 11.0 Å². The van der Waals surface area contributed by atoms with Gasteiger partial charge in [-0.1, -0.05) is 24.3 Å². The fraction of sp³-hybridized carbons (Fsp3) is 0.312. The fourth-order valence-electron chi connectivity index (χ4n) is 5.48. The Morgan fingerprint density at radius 3 is 2.54 bits per heavy atom. The summed E-state index contributed by atoms with van der Waals surface area (Å²) in [5.41, 5.74) is 4.93. The molecule has 0 aliphatic carbocycles. The van der Waals surface area contributed by atoms with E-state index in [2.05, 4.69) is 17.9 Å². The summed E-state index contributed by atoms with van der Waals surface area (Å²) >= 11 is 1.61. The van der Waals surface area contributed by atoms with E-state index in [1.54, 1.807) is 34.4 Å². The summed E-state index contributed by atoms with van der Waals surface area (Å²) in [6.45, 7) is 7.74. The van der Waals surface area contributed by atoms with E-state index in [1.165, 1.54) is 10.5 Å². The zero-order chi connectivity index (χ0) is 28.5. The molecule has 0 N–H and O–H groups in total. The van der Waals surface area contributed by atoms with Gasteiger partial charge < -0.3 is 9.64 Å². The molecule has 1 unspecified atom stereocenters. The second-order valence-corrected chi connectivity index (χ2v) is 11.6. The number of fused-ring (bicyclic) bond motifs is 1. The monoisotopic (exact) mass is 568 g/mol. The Morgan fingerprint density at radius 2 is 1.78 bits per heavy atom. The second kappa shape index (κ2) is 11.5. The number of imide groups is 1. The van der Waals surface area contributed by atoms with Crippen molar-refractivity contribution in [3.63, 3.8) is 0 Å². The van der Waals surface area contributed by atoms with Gasteiger partial charge in [-0.2, -0.15) is 0 Å². The second-order valence-electron chi connectivity index (χ2n) is 10.6. The largest absolute Gasteiger partial charge is 0.379 e. The zero-order valence-corrected chi connectivity index (χ0v) is 24.0. The number of rotatable bonds is 7. The smallest absolute Gasteiger partial charge is 0.257 e. The Morgan fingerprint density at radius 1 is 1.02 bits per heavy atom. The predicted molar refractivity (Wildman–Crippen MR) is 160 cm³/mol. The molecule has 4 aromatic rings. The van der Waals surface area contributed by atoms with Crippen LogP contribution in [0.15, 0.2) is 66.7 Å². The summed E-state index contributed by atoms with van der Waals surface area (Å²) in [6, 6.07) is 20.0. The van der Waals surface area contributed by atoms with Crippen molar-refractivity contribution in [2.45, 2.75) is 26.3 Å². The fourth-order valence-corrected chi connectivity index (χ4v) is 6.55. The molecule has 1 atom stereocenters. The van der Waals surface area contributed by atoms with Crippen LogP contribution in [-0.2, 0) is 14.3 Å². The van der Waals surface area contributed by atoms with Crippen LogP contribution in [0.4, 0.5) is 5.69 Å². The van der Waals surface area contributed by atoms with Crippen LogP contribution in [0.1, 0.15) is 27.9 Å². The van der Waals surface area contributed by atoms with Crippen molar-refractivity contribution in [2.24, 2.45) is 0 Å². The normalized spacial score (nSPS) is 17.9. The Kier molecular flexibility index (Phi) is 7.66. The molecule has 2 saturated heterocycles. The first-order valence-electron chi connectivity index (χ1n) is 13.9. The molecule has 0 spiro atoms. The van der Waals surface area contributed by atoms with Gasteiger partial charge in [0.05, 0.1) is 35.5 Å². The van der Waals surface area contributed by atoms with Crippen molar-refractivity contribution in [1.29, 1.82) is 0 Å². The third kappa shape index (κ3) is 5.53. The number of hydrogen-bond donors (Lipinski definition) is 0. The molecule has 3 heterocycles. The van der Waals surface area contributed by atoms with Crippen LogP contribution in [0.5, 0.6) is 0 Å². The number of nitrogens with zero attached hydrogens (tertiary/aromatic N) is 4. The van der Waals surface area contributed by atoms with E-state index in [9.17, 15) is 14.4 Å². The topological polar surface area (TPSA) is 83.1 Å². The van der Waals surface area contributed by atoms with Crippen LogP contribution in [0.3, 0.4) is 0 Å². The van der Waals surface area contributed by atoms with Crippen molar-refractivity contribution >= 4 is 45.0 Å². The molecule has 0 radical (unpaired) electrons. The van der Waals surface area contributed by atoms with Crippen LogP contribution in [-0.4, -0.2) is 77.9 Å². The number of aromatic nitrogens is 1. The molecular weight excluding hydrogens is 536 g/mol. The summed E-state index contributed by atoms with van der Waals surface area (Å²) in [5, 5.41) is 0.882. The number of carbonyl (C=O) groups excluding carboxylic acids is 3. The molecule has 3 aromatic carbocycles. The standard InChI is InChI=1S/C32H32N4O4S/c1-21-7-12-26-28(19-21)41-30(33-26)23-8-10-24(11-9-23)36-29(37)20-27(32(36)39)35(14-13-34-15-17-40-18-16-34)31(38)25-6-4-3-5-22(25)2/h3-12,19,27H,13-18,20H2,1-2H3. The molecule has 210 valence electrons. The van der Waals surface area contributed by atoms with Crippen molar-refractivity contribution < 1.29 is 19.1 Å². The Balaban J connectivity index is 1.24. The number of benzene rings is 3. The van der Waals surface area contributed by atoms with Gasteiger partial charge in [-0.3, -0.25) is 19.3 Å². The molecule has 2 fully saturated rings. The molecule has 6 rings (SSSR count). The highest BCUT2D eigenvalue weighted by atomic mass is 32.1. The number of carbonyl (C=O) groups is 3. The molecular formula is C32H32N4O4S. The van der Waals surface area contributed by atoms with Crippen molar-refractivity contribution in [1.82, 2.24) is 14.8 Å². The van der Waals surface area contributed by atoms with Gasteiger partial charge in [0.25, 0.3) is 11.8 Å². The van der Waals surface area contributed by atoms with Crippen LogP contribution in [0.25, 0.3) is 20.8 Å². The van der Waals surface area contributed by atoms with E-state index < -0.39 is 6.04 Å². The Bertz CT molecular complexity index is 1610. The van der Waals surface area contributed by atoms with E-state index in [4.69, 9.17) is 9.72 Å². The molecule has 3 amide bonds. The maximum Gasteiger partial charge on any atom is 0.257 e. The minimum atomic E-state index is -0.858. The summed E-state index contributed by atoms with van der Waals surface area (Å²) in [6.07, 6.45) is -0.0431. The Hall–Kier alpha value is -3.92. The van der Waals surface area contributed by atoms with Crippen molar-refractivity contribution in [3.05, 3.63) is 83.4 Å². The van der Waals surface area contributed by atoms with Gasteiger partial charge in [0.15, 0.2) is 0 Å². The number of amides is 3. The number of thiazole rings is 1. The third-order valence-corrected chi connectivity index (χ3v) is 8.88. The predicted octanol–water partition coefficient (Wildman–Crippen LogP) is 4.69. The van der Waals surface area contributed by atoms with Crippen molar-refractivity contribution in [2.75, 3.05) is 44.3 Å². The number of hydrogen-bond acceptors (Lipinski definition) is 7.